The van der Waals surface area contributed by atoms with Crippen molar-refractivity contribution in [3.63, 3.8) is 0 Å². The third-order valence-electron chi connectivity index (χ3n) is 3.46. The van der Waals surface area contributed by atoms with Crippen molar-refractivity contribution in [2.45, 2.75) is 71.6 Å². The normalized spacial score (nSPS) is 13.6. The Morgan fingerprint density at radius 3 is 2.10 bits per heavy atom. The van der Waals surface area contributed by atoms with Crippen LogP contribution in [0, 0.1) is 5.92 Å². The Balaban J connectivity index is 3.33. The van der Waals surface area contributed by atoms with Crippen LogP contribution in [0.1, 0.15) is 71.6 Å². The van der Waals surface area contributed by atoms with E-state index in [1.165, 1.54) is 12.8 Å². The molecule has 0 aromatic heterocycles. The first kappa shape index (κ1) is 19.7. The molecule has 21 heavy (non-hydrogen) atoms. The van der Waals surface area contributed by atoms with E-state index in [9.17, 15) is 4.79 Å². The van der Waals surface area contributed by atoms with Gasteiger partial charge in [0, 0.05) is 0 Å². The molecule has 0 aliphatic carbocycles. The first-order chi connectivity index (χ1) is 10.2. The van der Waals surface area contributed by atoms with Crippen LogP contribution >= 0.6 is 0 Å². The smallest absolute Gasteiger partial charge is 0.306 e. The Kier molecular flexibility index (Phi) is 14.1. The van der Waals surface area contributed by atoms with Gasteiger partial charge in [0.1, 0.15) is 0 Å². The van der Waals surface area contributed by atoms with Crippen LogP contribution in [0.25, 0.3) is 0 Å². The van der Waals surface area contributed by atoms with Gasteiger partial charge < -0.3 is 5.11 Å². The molecule has 0 aromatic carbocycles. The van der Waals surface area contributed by atoms with Crippen molar-refractivity contribution in [3.8, 4) is 0 Å². The van der Waals surface area contributed by atoms with Gasteiger partial charge in [-0.25, -0.2) is 0 Å². The minimum atomic E-state index is -0.670. The van der Waals surface area contributed by atoms with Crippen LogP contribution in [-0.4, -0.2) is 11.1 Å². The van der Waals surface area contributed by atoms with E-state index in [2.05, 4.69) is 43.4 Å². The first-order valence-corrected chi connectivity index (χ1v) is 8.36. The van der Waals surface area contributed by atoms with Crippen molar-refractivity contribution >= 4 is 5.97 Å². The zero-order valence-corrected chi connectivity index (χ0v) is 13.8. The number of allylic oxidation sites excluding steroid dienone is 6. The van der Waals surface area contributed by atoms with Gasteiger partial charge in [-0.15, -0.1) is 0 Å². The van der Waals surface area contributed by atoms with E-state index in [4.69, 9.17) is 5.11 Å². The molecular formula is C19H32O2. The topological polar surface area (TPSA) is 37.3 Å². The predicted molar refractivity (Wildman–Crippen MR) is 91.4 cm³/mol. The summed E-state index contributed by atoms with van der Waals surface area (Å²) in [5, 5.41) is 8.77. The molecule has 0 aromatic rings. The highest BCUT2D eigenvalue weighted by atomic mass is 16.4. The second-order valence-corrected chi connectivity index (χ2v) is 5.52. The van der Waals surface area contributed by atoms with Crippen LogP contribution in [0.3, 0.4) is 0 Å². The first-order valence-electron chi connectivity index (χ1n) is 8.36. The lowest BCUT2D eigenvalue weighted by molar-refractivity contribution is -0.141. The Bertz CT molecular complexity index is 326. The fraction of sp³-hybridized carbons (Fsp3) is 0.632. The molecule has 0 radical (unpaired) electrons. The van der Waals surface area contributed by atoms with Gasteiger partial charge in [-0.3, -0.25) is 4.79 Å². The van der Waals surface area contributed by atoms with Gasteiger partial charge in [0.05, 0.1) is 5.92 Å². The van der Waals surface area contributed by atoms with Crippen LogP contribution in [0.5, 0.6) is 0 Å². The van der Waals surface area contributed by atoms with E-state index in [0.29, 0.717) is 0 Å². The quantitative estimate of drug-likeness (QED) is 0.338. The molecule has 1 atom stereocenters. The van der Waals surface area contributed by atoms with Gasteiger partial charge in [0.2, 0.25) is 0 Å². The number of hydrogen-bond donors (Lipinski definition) is 1. The lowest BCUT2D eigenvalue weighted by Crippen LogP contribution is -2.08. The van der Waals surface area contributed by atoms with Crippen molar-refractivity contribution in [1.82, 2.24) is 0 Å². The molecule has 0 aliphatic rings. The van der Waals surface area contributed by atoms with Gasteiger partial charge in [0.25, 0.3) is 0 Å². The molecule has 0 saturated carbocycles. The van der Waals surface area contributed by atoms with Crippen LogP contribution in [0.4, 0.5) is 0 Å². The van der Waals surface area contributed by atoms with E-state index in [0.717, 1.165) is 44.9 Å². The zero-order chi connectivity index (χ0) is 15.8. The van der Waals surface area contributed by atoms with Crippen LogP contribution in [0.15, 0.2) is 36.5 Å². The van der Waals surface area contributed by atoms with Gasteiger partial charge in [-0.2, -0.15) is 0 Å². The van der Waals surface area contributed by atoms with E-state index >= 15 is 0 Å². The van der Waals surface area contributed by atoms with Crippen LogP contribution in [-0.2, 0) is 4.79 Å². The van der Waals surface area contributed by atoms with Crippen molar-refractivity contribution < 1.29 is 9.90 Å². The van der Waals surface area contributed by atoms with Gasteiger partial charge in [0.15, 0.2) is 0 Å². The molecule has 0 fully saturated rings. The molecule has 120 valence electrons. The SMILES string of the molecule is CCC=CCC=CCC=CCCCCCCC(C)C(=O)O. The second kappa shape index (κ2) is 15.1. The number of carboxylic acids is 1. The summed E-state index contributed by atoms with van der Waals surface area (Å²) in [6.45, 7) is 3.94. The third kappa shape index (κ3) is 14.9. The summed E-state index contributed by atoms with van der Waals surface area (Å²) in [6.07, 6.45) is 23.0. The van der Waals surface area contributed by atoms with Crippen molar-refractivity contribution in [2.75, 3.05) is 0 Å². The van der Waals surface area contributed by atoms with Gasteiger partial charge in [-0.05, 0) is 38.5 Å². The maximum absolute atomic E-state index is 10.6. The summed E-state index contributed by atoms with van der Waals surface area (Å²) < 4.78 is 0. The summed E-state index contributed by atoms with van der Waals surface area (Å²) >= 11 is 0. The van der Waals surface area contributed by atoms with Crippen molar-refractivity contribution in [3.05, 3.63) is 36.5 Å². The maximum Gasteiger partial charge on any atom is 0.306 e. The van der Waals surface area contributed by atoms with Crippen LogP contribution in [0.2, 0.25) is 0 Å². The Hall–Kier alpha value is -1.31. The van der Waals surface area contributed by atoms with Crippen molar-refractivity contribution in [2.24, 2.45) is 5.92 Å². The van der Waals surface area contributed by atoms with Crippen LogP contribution < -0.4 is 0 Å². The average molecular weight is 292 g/mol. The zero-order valence-electron chi connectivity index (χ0n) is 13.8. The standard InChI is InChI=1S/C19H32O2/c1-3-4-5-6-7-8-9-10-11-12-13-14-15-16-17-18(2)19(20)21/h4-5,7-8,10-11,18H,3,6,9,12-17H2,1-2H3,(H,20,21). The number of carboxylic acid groups (broad SMARTS) is 1. The molecular weight excluding hydrogens is 260 g/mol. The average Bonchev–Trinajstić information content (AvgIpc) is 2.47. The minimum absolute atomic E-state index is 0.191. The third-order valence-corrected chi connectivity index (χ3v) is 3.46. The number of unbranched alkanes of at least 4 members (excludes halogenated alkanes) is 4. The summed E-state index contributed by atoms with van der Waals surface area (Å²) in [5.74, 6) is -0.861. The monoisotopic (exact) mass is 292 g/mol. The number of aliphatic carboxylic acids is 1. The molecule has 0 rings (SSSR count). The highest BCUT2D eigenvalue weighted by molar-refractivity contribution is 5.69. The van der Waals surface area contributed by atoms with E-state index in [1.54, 1.807) is 6.92 Å². The molecule has 1 unspecified atom stereocenters. The maximum atomic E-state index is 10.6. The molecule has 2 nitrogen and oxygen atoms in total. The Labute approximate surface area is 130 Å². The summed E-state index contributed by atoms with van der Waals surface area (Å²) in [6, 6.07) is 0. The molecule has 0 amide bonds. The molecule has 0 bridgehead atoms. The molecule has 1 N–H and O–H groups in total. The summed E-state index contributed by atoms with van der Waals surface area (Å²) in [7, 11) is 0. The lowest BCUT2D eigenvalue weighted by Gasteiger charge is -2.04. The highest BCUT2D eigenvalue weighted by Gasteiger charge is 2.09. The number of rotatable bonds is 13. The predicted octanol–water partition coefficient (Wildman–Crippen LogP) is 5.91. The fourth-order valence-corrected chi connectivity index (χ4v) is 2.02. The highest BCUT2D eigenvalue weighted by Crippen LogP contribution is 2.11. The van der Waals surface area contributed by atoms with Gasteiger partial charge >= 0.3 is 5.97 Å². The molecule has 0 heterocycles. The van der Waals surface area contributed by atoms with E-state index in [-0.39, 0.29) is 5.92 Å². The summed E-state index contributed by atoms with van der Waals surface area (Å²) in [4.78, 5) is 10.6. The Morgan fingerprint density at radius 2 is 1.48 bits per heavy atom. The van der Waals surface area contributed by atoms with E-state index in [1.807, 2.05) is 0 Å². The largest absolute Gasteiger partial charge is 0.481 e. The van der Waals surface area contributed by atoms with Crippen molar-refractivity contribution in [1.29, 1.82) is 0 Å². The molecule has 0 spiro atoms. The molecule has 2 heteroatoms. The second-order valence-electron chi connectivity index (χ2n) is 5.52. The number of carbonyl (C=O) groups is 1. The lowest BCUT2D eigenvalue weighted by atomic mass is 10.0. The molecule has 0 saturated heterocycles. The number of hydrogen-bond acceptors (Lipinski definition) is 1. The van der Waals surface area contributed by atoms with Gasteiger partial charge in [-0.1, -0.05) is 69.6 Å². The summed E-state index contributed by atoms with van der Waals surface area (Å²) in [5.41, 5.74) is 0. The van der Waals surface area contributed by atoms with E-state index < -0.39 is 5.97 Å². The Morgan fingerprint density at radius 1 is 0.905 bits per heavy atom. The fourth-order valence-electron chi connectivity index (χ4n) is 2.02. The minimum Gasteiger partial charge on any atom is -0.481 e. The molecule has 0 aliphatic heterocycles.